The van der Waals surface area contributed by atoms with Gasteiger partial charge in [-0.2, -0.15) is 5.10 Å². The average molecular weight is 385 g/mol. The van der Waals surface area contributed by atoms with Gasteiger partial charge in [0.15, 0.2) is 5.65 Å². The zero-order chi connectivity index (χ0) is 19.0. The third-order valence-corrected chi connectivity index (χ3v) is 5.83. The molecular formula is C19H24N6OS. The molecule has 0 atom stereocenters. The molecule has 1 aliphatic rings. The minimum atomic E-state index is 0.0430. The number of thiazole rings is 1. The smallest absolute Gasteiger partial charge is 0.257 e. The summed E-state index contributed by atoms with van der Waals surface area (Å²) in [5, 5.41) is 7.67. The number of carbonyl (C=O) groups is 1. The van der Waals surface area contributed by atoms with Crippen molar-refractivity contribution in [2.24, 2.45) is 0 Å². The van der Waals surface area contributed by atoms with Gasteiger partial charge in [0.1, 0.15) is 0 Å². The lowest BCUT2D eigenvalue weighted by Gasteiger charge is -2.22. The Hall–Kier alpha value is -2.32. The van der Waals surface area contributed by atoms with Gasteiger partial charge in [-0.05, 0) is 27.2 Å². The predicted octanol–water partition coefficient (Wildman–Crippen LogP) is 2.46. The molecule has 0 spiro atoms. The molecule has 0 N–H and O–H groups in total. The standard InChI is InChI=1S/C19H24N6OS/c1-13-9-18-20-10-17(14(2)25(18)22-13)19(26)24-6-4-5-23(7-8-24)11-16-12-27-15(3)21-16/h9-10,12H,4-8,11H2,1-3H3. The second kappa shape index (κ2) is 7.36. The van der Waals surface area contributed by atoms with E-state index < -0.39 is 0 Å². The molecule has 3 aromatic rings. The van der Waals surface area contributed by atoms with Crippen molar-refractivity contribution < 1.29 is 4.79 Å². The molecule has 1 fully saturated rings. The first-order chi connectivity index (χ1) is 13.0. The second-order valence-corrected chi connectivity index (χ2v) is 8.15. The molecule has 0 unspecified atom stereocenters. The molecule has 0 saturated carbocycles. The monoisotopic (exact) mass is 384 g/mol. The van der Waals surface area contributed by atoms with E-state index >= 15 is 0 Å². The van der Waals surface area contributed by atoms with Crippen molar-refractivity contribution in [1.82, 2.24) is 29.4 Å². The lowest BCUT2D eigenvalue weighted by Crippen LogP contribution is -2.35. The van der Waals surface area contributed by atoms with Crippen LogP contribution in [0.25, 0.3) is 5.65 Å². The maximum Gasteiger partial charge on any atom is 0.257 e. The second-order valence-electron chi connectivity index (χ2n) is 7.09. The number of fused-ring (bicyclic) bond motifs is 1. The third kappa shape index (κ3) is 3.72. The largest absolute Gasteiger partial charge is 0.337 e. The van der Waals surface area contributed by atoms with E-state index in [2.05, 4.69) is 25.3 Å². The van der Waals surface area contributed by atoms with Crippen molar-refractivity contribution in [1.29, 1.82) is 0 Å². The van der Waals surface area contributed by atoms with Gasteiger partial charge in [0.05, 0.1) is 27.7 Å². The highest BCUT2D eigenvalue weighted by Gasteiger charge is 2.23. The third-order valence-electron chi connectivity index (χ3n) is 5.00. The van der Waals surface area contributed by atoms with E-state index in [-0.39, 0.29) is 5.91 Å². The maximum atomic E-state index is 13.1. The lowest BCUT2D eigenvalue weighted by atomic mass is 10.2. The van der Waals surface area contributed by atoms with E-state index in [0.29, 0.717) is 5.56 Å². The summed E-state index contributed by atoms with van der Waals surface area (Å²) in [5.41, 5.74) is 4.28. The first-order valence-corrected chi connectivity index (χ1v) is 10.1. The molecule has 8 heteroatoms. The van der Waals surface area contributed by atoms with Crippen LogP contribution in [0.15, 0.2) is 17.6 Å². The summed E-state index contributed by atoms with van der Waals surface area (Å²) in [7, 11) is 0. The quantitative estimate of drug-likeness (QED) is 0.694. The summed E-state index contributed by atoms with van der Waals surface area (Å²) in [4.78, 5) is 26.4. The van der Waals surface area contributed by atoms with Crippen molar-refractivity contribution in [3.05, 3.63) is 45.3 Å². The van der Waals surface area contributed by atoms with Gasteiger partial charge in [-0.3, -0.25) is 9.69 Å². The highest BCUT2D eigenvalue weighted by molar-refractivity contribution is 7.09. The minimum Gasteiger partial charge on any atom is -0.337 e. The van der Waals surface area contributed by atoms with E-state index in [0.717, 1.165) is 66.9 Å². The van der Waals surface area contributed by atoms with Gasteiger partial charge in [0.25, 0.3) is 5.91 Å². The van der Waals surface area contributed by atoms with Gasteiger partial charge in [-0.15, -0.1) is 11.3 Å². The molecule has 27 heavy (non-hydrogen) atoms. The number of nitrogens with zero attached hydrogens (tertiary/aromatic N) is 6. The maximum absolute atomic E-state index is 13.1. The molecule has 0 radical (unpaired) electrons. The molecule has 7 nitrogen and oxygen atoms in total. The number of carbonyl (C=O) groups excluding carboxylic acids is 1. The van der Waals surface area contributed by atoms with Crippen LogP contribution in [0.2, 0.25) is 0 Å². The molecule has 4 heterocycles. The van der Waals surface area contributed by atoms with Gasteiger partial charge in [0.2, 0.25) is 0 Å². The Morgan fingerprint density at radius 2 is 2.04 bits per heavy atom. The summed E-state index contributed by atoms with van der Waals surface area (Å²) >= 11 is 1.69. The summed E-state index contributed by atoms with van der Waals surface area (Å²) in [6.45, 7) is 10.1. The van der Waals surface area contributed by atoms with Crippen LogP contribution in [-0.4, -0.2) is 61.5 Å². The van der Waals surface area contributed by atoms with Gasteiger partial charge in [-0.1, -0.05) is 0 Å². The predicted molar refractivity (Wildman–Crippen MR) is 105 cm³/mol. The van der Waals surface area contributed by atoms with Crippen LogP contribution in [0.5, 0.6) is 0 Å². The number of hydrogen-bond donors (Lipinski definition) is 0. The fourth-order valence-electron chi connectivity index (χ4n) is 3.59. The Kier molecular flexibility index (Phi) is 4.92. The van der Waals surface area contributed by atoms with E-state index in [1.807, 2.05) is 31.7 Å². The van der Waals surface area contributed by atoms with Crippen LogP contribution < -0.4 is 0 Å². The molecule has 0 bridgehead atoms. The topological polar surface area (TPSA) is 66.6 Å². The van der Waals surface area contributed by atoms with Crippen LogP contribution in [0, 0.1) is 20.8 Å². The average Bonchev–Trinajstić information content (AvgIpc) is 3.13. The van der Waals surface area contributed by atoms with E-state index in [1.54, 1.807) is 22.0 Å². The van der Waals surface area contributed by atoms with Crippen molar-refractivity contribution in [3.63, 3.8) is 0 Å². The van der Waals surface area contributed by atoms with Gasteiger partial charge < -0.3 is 4.90 Å². The fraction of sp³-hybridized carbons (Fsp3) is 0.474. The van der Waals surface area contributed by atoms with Gasteiger partial charge in [0, 0.05) is 50.4 Å². The zero-order valence-corrected chi connectivity index (χ0v) is 16.8. The molecular weight excluding hydrogens is 360 g/mol. The Morgan fingerprint density at radius 3 is 2.81 bits per heavy atom. The van der Waals surface area contributed by atoms with Crippen molar-refractivity contribution in [2.45, 2.75) is 33.7 Å². The Balaban J connectivity index is 1.47. The van der Waals surface area contributed by atoms with Crippen LogP contribution in [-0.2, 0) is 6.54 Å². The Labute approximate surface area is 162 Å². The van der Waals surface area contributed by atoms with Crippen molar-refractivity contribution >= 4 is 22.9 Å². The number of hydrogen-bond acceptors (Lipinski definition) is 6. The zero-order valence-electron chi connectivity index (χ0n) is 16.0. The number of aromatic nitrogens is 4. The molecule has 0 aliphatic carbocycles. The number of amides is 1. The molecule has 3 aromatic heterocycles. The van der Waals surface area contributed by atoms with Crippen LogP contribution >= 0.6 is 11.3 Å². The van der Waals surface area contributed by atoms with E-state index in [1.165, 1.54) is 0 Å². The minimum absolute atomic E-state index is 0.0430. The van der Waals surface area contributed by atoms with E-state index in [9.17, 15) is 4.79 Å². The lowest BCUT2D eigenvalue weighted by molar-refractivity contribution is 0.0759. The molecule has 4 rings (SSSR count). The van der Waals surface area contributed by atoms with Crippen molar-refractivity contribution in [2.75, 3.05) is 26.2 Å². The number of aryl methyl sites for hydroxylation is 3. The first-order valence-electron chi connectivity index (χ1n) is 9.26. The van der Waals surface area contributed by atoms with Crippen LogP contribution in [0.3, 0.4) is 0 Å². The van der Waals surface area contributed by atoms with Crippen LogP contribution in [0.4, 0.5) is 0 Å². The van der Waals surface area contributed by atoms with E-state index in [4.69, 9.17) is 0 Å². The fourth-order valence-corrected chi connectivity index (χ4v) is 4.19. The Morgan fingerprint density at radius 1 is 1.19 bits per heavy atom. The summed E-state index contributed by atoms with van der Waals surface area (Å²) in [5.74, 6) is 0.0430. The SMILES string of the molecule is Cc1cc2ncc(C(=O)N3CCCN(Cc4csc(C)n4)CC3)c(C)n2n1. The van der Waals surface area contributed by atoms with Gasteiger partial charge in [-0.25, -0.2) is 14.5 Å². The van der Waals surface area contributed by atoms with Gasteiger partial charge >= 0.3 is 0 Å². The number of rotatable bonds is 3. The normalized spacial score (nSPS) is 16.0. The highest BCUT2D eigenvalue weighted by atomic mass is 32.1. The summed E-state index contributed by atoms with van der Waals surface area (Å²) in [6.07, 6.45) is 2.65. The molecule has 0 aromatic carbocycles. The van der Waals surface area contributed by atoms with Crippen molar-refractivity contribution in [3.8, 4) is 0 Å². The van der Waals surface area contributed by atoms with Crippen LogP contribution in [0.1, 0.15) is 38.9 Å². The molecule has 1 aliphatic heterocycles. The summed E-state index contributed by atoms with van der Waals surface area (Å²) in [6, 6.07) is 1.92. The Bertz CT molecular complexity index is 978. The first kappa shape index (κ1) is 18.1. The molecule has 1 saturated heterocycles. The highest BCUT2D eigenvalue weighted by Crippen LogP contribution is 2.16. The molecule has 142 valence electrons. The summed E-state index contributed by atoms with van der Waals surface area (Å²) < 4.78 is 1.76. The molecule has 1 amide bonds.